The highest BCUT2D eigenvalue weighted by Gasteiger charge is 2.19. The number of esters is 1. The summed E-state index contributed by atoms with van der Waals surface area (Å²) in [6, 6.07) is 9.46. The van der Waals surface area contributed by atoms with Gasteiger partial charge in [-0.1, -0.05) is 20.4 Å². The molecule has 0 bridgehead atoms. The maximum Gasteiger partial charge on any atom is 0.324 e. The van der Waals surface area contributed by atoms with Gasteiger partial charge in [0, 0.05) is 52.9 Å². The van der Waals surface area contributed by atoms with Gasteiger partial charge in [0.05, 0.1) is 7.11 Å². The lowest BCUT2D eigenvalue weighted by atomic mass is 10.0. The lowest BCUT2D eigenvalue weighted by Crippen LogP contribution is -2.33. The number of hydrogen-bond acceptors (Lipinski definition) is 7. The average molecular weight is 532 g/mol. The van der Waals surface area contributed by atoms with Crippen LogP contribution in [0.4, 0.5) is 10.1 Å². The standard InChI is InChI=1S/C29H30FN5O4/c1-5-27(36)34-21-9-19(10-22(13-21)38-4)20-11-23-24(18-6-7-32-26(30)12-18)15-35(28(23)33-14-20)16-39-29(37)25(31)8-17(2)3/h5-7,9-15,17,25H,1,8,16,31H2,2-4H3,(H,34,36). The molecule has 202 valence electrons. The molecule has 0 saturated heterocycles. The van der Waals surface area contributed by atoms with Crippen molar-refractivity contribution in [2.24, 2.45) is 11.7 Å². The second-order valence-corrected chi connectivity index (χ2v) is 9.45. The lowest BCUT2D eigenvalue weighted by Gasteiger charge is -2.14. The summed E-state index contributed by atoms with van der Waals surface area (Å²) < 4.78 is 26.6. The van der Waals surface area contributed by atoms with Crippen LogP contribution in [0.2, 0.25) is 0 Å². The number of carbonyl (C=O) groups is 2. The zero-order valence-electron chi connectivity index (χ0n) is 22.0. The summed E-state index contributed by atoms with van der Waals surface area (Å²) >= 11 is 0. The number of nitrogens with one attached hydrogen (secondary N) is 1. The van der Waals surface area contributed by atoms with E-state index in [0.29, 0.717) is 40.0 Å². The van der Waals surface area contributed by atoms with Crippen LogP contribution in [0.1, 0.15) is 20.3 Å². The van der Waals surface area contributed by atoms with E-state index in [1.165, 1.54) is 25.4 Å². The SMILES string of the molecule is C=CC(=O)Nc1cc(OC)cc(-c2cnc3c(c2)c(-c2ccnc(F)c2)cn3COC(=O)C(N)CC(C)C)c1. The molecular weight excluding hydrogens is 501 g/mol. The van der Waals surface area contributed by atoms with Gasteiger partial charge in [0.1, 0.15) is 17.4 Å². The summed E-state index contributed by atoms with van der Waals surface area (Å²) in [6.45, 7) is 7.33. The number of benzene rings is 1. The van der Waals surface area contributed by atoms with Crippen molar-refractivity contribution in [2.75, 3.05) is 12.4 Å². The van der Waals surface area contributed by atoms with Gasteiger partial charge >= 0.3 is 5.97 Å². The molecule has 1 unspecified atom stereocenters. The minimum absolute atomic E-state index is 0.113. The summed E-state index contributed by atoms with van der Waals surface area (Å²) in [4.78, 5) is 32.6. The summed E-state index contributed by atoms with van der Waals surface area (Å²) in [7, 11) is 1.53. The number of carbonyl (C=O) groups excluding carboxylic acids is 2. The van der Waals surface area contributed by atoms with Crippen LogP contribution in [0.15, 0.2) is 67.6 Å². The van der Waals surface area contributed by atoms with Gasteiger partial charge in [-0.2, -0.15) is 4.39 Å². The van der Waals surface area contributed by atoms with Crippen molar-refractivity contribution in [3.05, 3.63) is 73.6 Å². The Hall–Kier alpha value is -4.57. The fourth-order valence-electron chi connectivity index (χ4n) is 4.22. The molecule has 3 N–H and O–H groups in total. The number of aromatic nitrogens is 3. The molecule has 9 nitrogen and oxygen atoms in total. The van der Waals surface area contributed by atoms with Gasteiger partial charge in [-0.3, -0.25) is 14.2 Å². The van der Waals surface area contributed by atoms with E-state index in [1.807, 2.05) is 26.0 Å². The predicted molar refractivity (Wildman–Crippen MR) is 147 cm³/mol. The molecule has 0 aliphatic heterocycles. The Bertz CT molecular complexity index is 1530. The molecule has 0 aliphatic rings. The third-order valence-electron chi connectivity index (χ3n) is 6.05. The van der Waals surface area contributed by atoms with Crippen LogP contribution in [-0.4, -0.2) is 39.6 Å². The number of hydrogen-bond donors (Lipinski definition) is 2. The Morgan fingerprint density at radius 2 is 1.95 bits per heavy atom. The highest BCUT2D eigenvalue weighted by atomic mass is 19.1. The Morgan fingerprint density at radius 1 is 1.15 bits per heavy atom. The van der Waals surface area contributed by atoms with Gasteiger partial charge in [0.15, 0.2) is 6.73 Å². The molecule has 1 aromatic carbocycles. The first kappa shape index (κ1) is 27.5. The number of nitrogens with two attached hydrogens (primary N) is 1. The Labute approximate surface area is 225 Å². The maximum atomic E-state index is 14.0. The van der Waals surface area contributed by atoms with Gasteiger partial charge in [-0.05, 0) is 53.8 Å². The van der Waals surface area contributed by atoms with E-state index >= 15 is 0 Å². The molecule has 10 heteroatoms. The molecule has 0 fully saturated rings. The van der Waals surface area contributed by atoms with Crippen LogP contribution in [-0.2, 0) is 21.1 Å². The number of rotatable bonds is 10. The van der Waals surface area contributed by atoms with Crippen LogP contribution < -0.4 is 15.8 Å². The van der Waals surface area contributed by atoms with Crippen LogP contribution in [0.25, 0.3) is 33.3 Å². The Kier molecular flexibility index (Phi) is 8.36. The normalized spacial score (nSPS) is 11.8. The fourth-order valence-corrected chi connectivity index (χ4v) is 4.22. The molecule has 0 radical (unpaired) electrons. The number of ether oxygens (including phenoxy) is 2. The number of amides is 1. The van der Waals surface area contributed by atoms with Crippen LogP contribution in [0.5, 0.6) is 5.75 Å². The van der Waals surface area contributed by atoms with Crippen molar-refractivity contribution >= 4 is 28.6 Å². The highest BCUT2D eigenvalue weighted by molar-refractivity contribution is 6.00. The van der Waals surface area contributed by atoms with Crippen molar-refractivity contribution in [1.82, 2.24) is 14.5 Å². The summed E-state index contributed by atoms with van der Waals surface area (Å²) in [5.41, 5.74) is 9.73. The smallest absolute Gasteiger partial charge is 0.324 e. The average Bonchev–Trinajstić information content (AvgIpc) is 3.28. The predicted octanol–water partition coefficient (Wildman–Crippen LogP) is 4.91. The molecule has 1 atom stereocenters. The molecule has 0 saturated carbocycles. The molecule has 1 amide bonds. The first-order valence-electron chi connectivity index (χ1n) is 12.3. The van der Waals surface area contributed by atoms with Gasteiger partial charge in [-0.15, -0.1) is 0 Å². The summed E-state index contributed by atoms with van der Waals surface area (Å²) in [5.74, 6) is -0.714. The summed E-state index contributed by atoms with van der Waals surface area (Å²) in [5, 5.41) is 3.43. The molecule has 0 spiro atoms. The van der Waals surface area contributed by atoms with E-state index in [1.54, 1.807) is 35.2 Å². The van der Waals surface area contributed by atoms with Crippen molar-refractivity contribution in [1.29, 1.82) is 0 Å². The molecule has 3 heterocycles. The number of halogens is 1. The second-order valence-electron chi connectivity index (χ2n) is 9.45. The van der Waals surface area contributed by atoms with Crippen molar-refractivity contribution in [2.45, 2.75) is 33.0 Å². The van der Waals surface area contributed by atoms with Crippen LogP contribution in [0, 0.1) is 11.9 Å². The van der Waals surface area contributed by atoms with Gasteiger partial charge in [0.2, 0.25) is 11.9 Å². The molecule has 4 rings (SSSR count). The third kappa shape index (κ3) is 6.47. The summed E-state index contributed by atoms with van der Waals surface area (Å²) in [6.07, 6.45) is 6.48. The topological polar surface area (TPSA) is 121 Å². The molecule has 4 aromatic rings. The highest BCUT2D eigenvalue weighted by Crippen LogP contribution is 2.35. The van der Waals surface area contributed by atoms with Gasteiger partial charge < -0.3 is 20.5 Å². The van der Waals surface area contributed by atoms with E-state index in [4.69, 9.17) is 15.2 Å². The minimum Gasteiger partial charge on any atom is -0.497 e. The molecule has 0 aliphatic carbocycles. The lowest BCUT2D eigenvalue weighted by molar-refractivity contribution is -0.149. The number of pyridine rings is 2. The number of nitrogens with zero attached hydrogens (tertiary/aromatic N) is 3. The van der Waals surface area contributed by atoms with E-state index in [0.717, 1.165) is 11.1 Å². The number of anilines is 1. The van der Waals surface area contributed by atoms with Crippen LogP contribution >= 0.6 is 0 Å². The van der Waals surface area contributed by atoms with Crippen molar-refractivity contribution in [3.63, 3.8) is 0 Å². The number of fused-ring (bicyclic) bond motifs is 1. The van der Waals surface area contributed by atoms with Crippen molar-refractivity contribution in [3.8, 4) is 28.0 Å². The fraction of sp³-hybridized carbons (Fsp3) is 0.241. The van der Waals surface area contributed by atoms with E-state index in [-0.39, 0.29) is 18.6 Å². The third-order valence-corrected chi connectivity index (χ3v) is 6.05. The largest absolute Gasteiger partial charge is 0.497 e. The van der Waals surface area contributed by atoms with Gasteiger partial charge in [0.25, 0.3) is 0 Å². The quantitative estimate of drug-likeness (QED) is 0.169. The van der Waals surface area contributed by atoms with E-state index in [9.17, 15) is 14.0 Å². The number of methoxy groups -OCH3 is 1. The Balaban J connectivity index is 1.77. The Morgan fingerprint density at radius 3 is 2.64 bits per heavy atom. The first-order chi connectivity index (χ1) is 18.7. The molecular formula is C29H30FN5O4. The van der Waals surface area contributed by atoms with E-state index < -0.39 is 18.0 Å². The molecule has 39 heavy (non-hydrogen) atoms. The second kappa shape index (κ2) is 11.9. The zero-order chi connectivity index (χ0) is 28.1. The monoisotopic (exact) mass is 531 g/mol. The van der Waals surface area contributed by atoms with E-state index in [2.05, 4.69) is 21.9 Å². The molecule has 3 aromatic heterocycles. The van der Waals surface area contributed by atoms with Gasteiger partial charge in [-0.25, -0.2) is 9.97 Å². The van der Waals surface area contributed by atoms with Crippen molar-refractivity contribution < 1.29 is 23.5 Å². The maximum absolute atomic E-state index is 14.0. The minimum atomic E-state index is -0.732. The first-order valence-corrected chi connectivity index (χ1v) is 12.3. The zero-order valence-corrected chi connectivity index (χ0v) is 22.0. The van der Waals surface area contributed by atoms with Crippen LogP contribution in [0.3, 0.4) is 0 Å².